The molecular weight excluding hydrogens is 274 g/mol. The molecule has 0 saturated heterocycles. The number of benzene rings is 1. The van der Waals surface area contributed by atoms with Gasteiger partial charge in [-0.25, -0.2) is 0 Å². The van der Waals surface area contributed by atoms with E-state index in [1.165, 1.54) is 11.1 Å². The van der Waals surface area contributed by atoms with Gasteiger partial charge in [-0.15, -0.1) is 0 Å². The summed E-state index contributed by atoms with van der Waals surface area (Å²) in [6.45, 7) is 9.02. The summed E-state index contributed by atoms with van der Waals surface area (Å²) in [5.41, 5.74) is 4.33. The van der Waals surface area contributed by atoms with E-state index < -0.39 is 0 Å². The van der Waals surface area contributed by atoms with Crippen molar-refractivity contribution < 1.29 is 4.79 Å². The van der Waals surface area contributed by atoms with Gasteiger partial charge < -0.3 is 4.57 Å². The smallest absolute Gasteiger partial charge is 0.261 e. The van der Waals surface area contributed by atoms with Gasteiger partial charge in [0.05, 0.1) is 11.3 Å². The zero-order chi connectivity index (χ0) is 16.3. The standard InChI is InChI=1S/C19H23NO2/c1-13(2)9-10-20-18(8-7-17(12-21)19(20)22)16-6-5-14(3)15(4)11-16/h5-8,11-13H,9-10H2,1-4H3. The van der Waals surface area contributed by atoms with Gasteiger partial charge in [-0.1, -0.05) is 26.0 Å². The molecular formula is C19H23NO2. The first-order chi connectivity index (χ1) is 10.4. The van der Waals surface area contributed by atoms with Crippen molar-refractivity contribution in [2.45, 2.75) is 40.7 Å². The number of aryl methyl sites for hydroxylation is 2. The van der Waals surface area contributed by atoms with E-state index in [0.29, 0.717) is 18.7 Å². The lowest BCUT2D eigenvalue weighted by atomic mass is 10.0. The summed E-state index contributed by atoms with van der Waals surface area (Å²) in [7, 11) is 0. The number of pyridine rings is 1. The fourth-order valence-corrected chi connectivity index (χ4v) is 2.45. The van der Waals surface area contributed by atoms with Crippen LogP contribution in [0.1, 0.15) is 41.8 Å². The number of carbonyl (C=O) groups is 1. The van der Waals surface area contributed by atoms with Crippen LogP contribution in [0.3, 0.4) is 0 Å². The lowest BCUT2D eigenvalue weighted by Gasteiger charge is -2.16. The van der Waals surface area contributed by atoms with Crippen LogP contribution in [0.2, 0.25) is 0 Å². The van der Waals surface area contributed by atoms with Gasteiger partial charge in [0.25, 0.3) is 5.56 Å². The number of carbonyl (C=O) groups excluding carboxylic acids is 1. The van der Waals surface area contributed by atoms with Gasteiger partial charge in [-0.05, 0) is 61.1 Å². The monoisotopic (exact) mass is 297 g/mol. The average molecular weight is 297 g/mol. The number of aromatic nitrogens is 1. The number of nitrogens with zero attached hydrogens (tertiary/aromatic N) is 1. The third-order valence-electron chi connectivity index (χ3n) is 4.06. The molecule has 0 fully saturated rings. The highest BCUT2D eigenvalue weighted by molar-refractivity contribution is 5.75. The van der Waals surface area contributed by atoms with Crippen LogP contribution < -0.4 is 5.56 Å². The molecule has 3 heteroatoms. The summed E-state index contributed by atoms with van der Waals surface area (Å²) < 4.78 is 1.73. The van der Waals surface area contributed by atoms with Gasteiger partial charge in [-0.3, -0.25) is 9.59 Å². The molecule has 0 spiro atoms. The number of hydrogen-bond acceptors (Lipinski definition) is 2. The minimum Gasteiger partial charge on any atom is -0.308 e. The molecule has 1 aromatic carbocycles. The van der Waals surface area contributed by atoms with Crippen LogP contribution in [0.4, 0.5) is 0 Å². The summed E-state index contributed by atoms with van der Waals surface area (Å²) >= 11 is 0. The van der Waals surface area contributed by atoms with Crippen LogP contribution in [0.25, 0.3) is 11.3 Å². The number of rotatable bonds is 5. The first-order valence-electron chi connectivity index (χ1n) is 7.70. The molecule has 0 N–H and O–H groups in total. The molecule has 2 rings (SSSR count). The third kappa shape index (κ3) is 3.35. The van der Waals surface area contributed by atoms with E-state index in [0.717, 1.165) is 17.7 Å². The summed E-state index contributed by atoms with van der Waals surface area (Å²) in [6, 6.07) is 9.68. The Balaban J connectivity index is 2.58. The third-order valence-corrected chi connectivity index (χ3v) is 4.06. The van der Waals surface area contributed by atoms with E-state index in [1.54, 1.807) is 10.6 Å². The SMILES string of the molecule is Cc1ccc(-c2ccc(C=O)c(=O)n2CCC(C)C)cc1C. The molecule has 0 aliphatic rings. The molecule has 0 atom stereocenters. The Kier molecular flexibility index (Phi) is 4.96. The van der Waals surface area contributed by atoms with Crippen molar-refractivity contribution in [1.82, 2.24) is 4.57 Å². The van der Waals surface area contributed by atoms with Crippen molar-refractivity contribution in [2.24, 2.45) is 5.92 Å². The Morgan fingerprint density at radius 1 is 1.09 bits per heavy atom. The maximum absolute atomic E-state index is 12.5. The molecule has 3 nitrogen and oxygen atoms in total. The van der Waals surface area contributed by atoms with Crippen molar-refractivity contribution in [3.05, 3.63) is 57.4 Å². The first-order valence-corrected chi connectivity index (χ1v) is 7.70. The van der Waals surface area contributed by atoms with E-state index in [1.807, 2.05) is 12.1 Å². The summed E-state index contributed by atoms with van der Waals surface area (Å²) in [5, 5.41) is 0. The van der Waals surface area contributed by atoms with Gasteiger partial charge in [-0.2, -0.15) is 0 Å². The Labute approximate surface area is 131 Å². The maximum atomic E-state index is 12.5. The zero-order valence-corrected chi connectivity index (χ0v) is 13.7. The van der Waals surface area contributed by atoms with Crippen molar-refractivity contribution in [3.8, 4) is 11.3 Å². The molecule has 0 unspecified atom stereocenters. The molecule has 1 heterocycles. The van der Waals surface area contributed by atoms with Gasteiger partial charge >= 0.3 is 0 Å². The summed E-state index contributed by atoms with van der Waals surface area (Å²) in [5.74, 6) is 0.499. The minimum atomic E-state index is -0.202. The highest BCUT2D eigenvalue weighted by Crippen LogP contribution is 2.22. The quantitative estimate of drug-likeness (QED) is 0.783. The van der Waals surface area contributed by atoms with E-state index >= 15 is 0 Å². The lowest BCUT2D eigenvalue weighted by Crippen LogP contribution is -2.25. The second-order valence-corrected chi connectivity index (χ2v) is 6.23. The molecule has 0 aliphatic heterocycles. The Morgan fingerprint density at radius 3 is 2.41 bits per heavy atom. The van der Waals surface area contributed by atoms with E-state index in [4.69, 9.17) is 0 Å². The maximum Gasteiger partial charge on any atom is 0.261 e. The Hall–Kier alpha value is -2.16. The van der Waals surface area contributed by atoms with Gasteiger partial charge in [0.15, 0.2) is 6.29 Å². The highest BCUT2D eigenvalue weighted by Gasteiger charge is 2.11. The second kappa shape index (κ2) is 6.73. The average Bonchev–Trinajstić information content (AvgIpc) is 2.48. The van der Waals surface area contributed by atoms with Crippen LogP contribution in [0.15, 0.2) is 35.1 Å². The minimum absolute atomic E-state index is 0.202. The Bertz CT molecular complexity index is 742. The van der Waals surface area contributed by atoms with Gasteiger partial charge in [0, 0.05) is 6.54 Å². The van der Waals surface area contributed by atoms with Crippen LogP contribution in [0, 0.1) is 19.8 Å². The predicted molar refractivity (Wildman–Crippen MR) is 90.5 cm³/mol. The van der Waals surface area contributed by atoms with Crippen molar-refractivity contribution in [1.29, 1.82) is 0 Å². The summed E-state index contributed by atoms with van der Waals surface area (Å²) in [4.78, 5) is 23.5. The largest absolute Gasteiger partial charge is 0.308 e. The lowest BCUT2D eigenvalue weighted by molar-refractivity contribution is 0.112. The van der Waals surface area contributed by atoms with Gasteiger partial charge in [0.2, 0.25) is 0 Å². The van der Waals surface area contributed by atoms with E-state index in [9.17, 15) is 9.59 Å². The predicted octanol–water partition coefficient (Wildman–Crippen LogP) is 3.99. The Morgan fingerprint density at radius 2 is 1.82 bits per heavy atom. The van der Waals surface area contributed by atoms with E-state index in [-0.39, 0.29) is 11.1 Å². The molecule has 0 saturated carbocycles. The molecule has 22 heavy (non-hydrogen) atoms. The fraction of sp³-hybridized carbons (Fsp3) is 0.368. The molecule has 1 aromatic heterocycles. The molecule has 2 aromatic rings. The topological polar surface area (TPSA) is 39.1 Å². The van der Waals surface area contributed by atoms with Gasteiger partial charge in [0.1, 0.15) is 0 Å². The van der Waals surface area contributed by atoms with Crippen molar-refractivity contribution >= 4 is 6.29 Å². The molecule has 116 valence electrons. The van der Waals surface area contributed by atoms with Crippen LogP contribution in [-0.2, 0) is 6.54 Å². The number of hydrogen-bond donors (Lipinski definition) is 0. The molecule has 0 amide bonds. The van der Waals surface area contributed by atoms with Crippen LogP contribution >= 0.6 is 0 Å². The number of aldehydes is 1. The summed E-state index contributed by atoms with van der Waals surface area (Å²) in [6.07, 6.45) is 1.54. The normalized spacial score (nSPS) is 11.0. The van der Waals surface area contributed by atoms with Crippen LogP contribution in [0.5, 0.6) is 0 Å². The molecule has 0 bridgehead atoms. The first kappa shape index (κ1) is 16.2. The van der Waals surface area contributed by atoms with E-state index in [2.05, 4.69) is 39.8 Å². The molecule has 0 radical (unpaired) electrons. The molecule has 0 aliphatic carbocycles. The van der Waals surface area contributed by atoms with Crippen molar-refractivity contribution in [2.75, 3.05) is 0 Å². The van der Waals surface area contributed by atoms with Crippen molar-refractivity contribution in [3.63, 3.8) is 0 Å². The van der Waals surface area contributed by atoms with Crippen LogP contribution in [-0.4, -0.2) is 10.9 Å². The fourth-order valence-electron chi connectivity index (χ4n) is 2.45. The zero-order valence-electron chi connectivity index (χ0n) is 13.7. The second-order valence-electron chi connectivity index (χ2n) is 6.23. The highest BCUT2D eigenvalue weighted by atomic mass is 16.1.